The molecule has 0 saturated carbocycles. The van der Waals surface area contributed by atoms with Crippen molar-refractivity contribution in [2.75, 3.05) is 0 Å². The van der Waals surface area contributed by atoms with Crippen molar-refractivity contribution in [2.45, 2.75) is 0 Å². The third-order valence-corrected chi connectivity index (χ3v) is 5.82. The van der Waals surface area contributed by atoms with Crippen molar-refractivity contribution in [3.05, 3.63) is 60.7 Å². The summed E-state index contributed by atoms with van der Waals surface area (Å²) < 4.78 is 2.99. The van der Waals surface area contributed by atoms with Crippen molar-refractivity contribution in [3.63, 3.8) is 0 Å². The summed E-state index contributed by atoms with van der Waals surface area (Å²) in [5.41, 5.74) is 2.81. The molecule has 3 heteroatoms. The van der Waals surface area contributed by atoms with Crippen LogP contribution < -0.4 is 26.6 Å². The minimum absolute atomic E-state index is 0. The Hall–Kier alpha value is -1.31. The summed E-state index contributed by atoms with van der Waals surface area (Å²) in [4.78, 5) is 0. The molecule has 1 aliphatic rings. The van der Waals surface area contributed by atoms with E-state index >= 15 is 0 Å². The summed E-state index contributed by atoms with van der Waals surface area (Å²) in [6.07, 6.45) is 0. The van der Waals surface area contributed by atoms with Gasteiger partial charge in [-0.05, 0) is 0 Å². The van der Waals surface area contributed by atoms with Crippen molar-refractivity contribution >= 4 is 46.0 Å². The summed E-state index contributed by atoms with van der Waals surface area (Å²) >= 11 is 0.435. The average molecular weight is 333 g/mol. The Morgan fingerprint density at radius 2 is 1.53 bits per heavy atom. The number of nitrogens with two attached hydrogens (primary N) is 1. The van der Waals surface area contributed by atoms with E-state index in [0.29, 0.717) is 15.0 Å². The summed E-state index contributed by atoms with van der Waals surface area (Å²) in [7, 11) is 0. The fraction of sp³-hybridized carbons (Fsp3) is 0. The van der Waals surface area contributed by atoms with Crippen LogP contribution >= 0.6 is 0 Å². The first-order chi connectivity index (χ1) is 8.92. The van der Waals surface area contributed by atoms with Crippen molar-refractivity contribution in [3.8, 4) is 0 Å². The van der Waals surface area contributed by atoms with Gasteiger partial charge in [-0.15, -0.1) is 0 Å². The molecule has 0 unspecified atom stereocenters. The van der Waals surface area contributed by atoms with Crippen molar-refractivity contribution in [2.24, 2.45) is 0 Å². The Balaban J connectivity index is 0.00000110. The molecule has 94 valence electrons. The Morgan fingerprint density at radius 1 is 0.737 bits per heavy atom. The fourth-order valence-corrected chi connectivity index (χ4v) is 4.67. The third-order valence-electron chi connectivity index (χ3n) is 3.37. The second kappa shape index (κ2) is 4.99. The predicted octanol–water partition coefficient (Wildman–Crippen LogP) is -1.66. The van der Waals surface area contributed by atoms with E-state index in [9.17, 15) is 0 Å². The number of hydrogen-bond acceptors (Lipinski definition) is 0. The molecule has 0 aromatic heterocycles. The van der Waals surface area contributed by atoms with Crippen LogP contribution in [-0.2, 0) is 0 Å². The molecule has 0 aliphatic carbocycles. The Morgan fingerprint density at radius 3 is 2.47 bits per heavy atom. The van der Waals surface area contributed by atoms with Gasteiger partial charge in [0.25, 0.3) is 0 Å². The molecule has 0 spiro atoms. The van der Waals surface area contributed by atoms with E-state index in [0.717, 1.165) is 0 Å². The van der Waals surface area contributed by atoms with E-state index in [2.05, 4.69) is 66.0 Å². The minimum atomic E-state index is 0. The number of benzene rings is 3. The number of fused-ring (bicyclic) bond motifs is 4. The van der Waals surface area contributed by atoms with E-state index in [1.807, 2.05) is 0 Å². The molecule has 1 heterocycles. The molecule has 2 N–H and O–H groups in total. The molecule has 0 radical (unpaired) electrons. The van der Waals surface area contributed by atoms with Crippen LogP contribution in [0.3, 0.4) is 0 Å². The maximum absolute atomic E-state index is 2.35. The second-order valence-electron chi connectivity index (χ2n) is 4.48. The predicted molar refractivity (Wildman–Crippen MR) is 76.7 cm³/mol. The zero-order valence-electron chi connectivity index (χ0n) is 10.1. The maximum atomic E-state index is 2.35. The normalized spacial score (nSPS) is 12.4. The number of para-hydroxylation sites is 1. The summed E-state index contributed by atoms with van der Waals surface area (Å²) in [5, 5.41) is 5.06. The van der Waals surface area contributed by atoms with E-state index in [4.69, 9.17) is 0 Å². The number of hydrogen-bond donors (Lipinski definition) is 1. The van der Waals surface area contributed by atoms with Gasteiger partial charge in [0.05, 0.1) is 0 Å². The number of halogens is 1. The van der Waals surface area contributed by atoms with Gasteiger partial charge in [0, 0.05) is 0 Å². The van der Waals surface area contributed by atoms with Crippen LogP contribution in [0.1, 0.15) is 0 Å². The molecule has 3 aromatic rings. The van der Waals surface area contributed by atoms with Crippen molar-refractivity contribution in [1.82, 2.24) is 0 Å². The Bertz CT molecular complexity index is 755. The molecule has 0 amide bonds. The monoisotopic (exact) mass is 333 g/mol. The Labute approximate surface area is 124 Å². The first-order valence-corrected chi connectivity index (χ1v) is 7.76. The zero-order valence-corrected chi connectivity index (χ0v) is 12.6. The van der Waals surface area contributed by atoms with Crippen molar-refractivity contribution in [1.29, 1.82) is 0 Å². The van der Waals surface area contributed by atoms with Gasteiger partial charge in [-0.1, -0.05) is 0 Å². The molecule has 0 fully saturated rings. The molecular weight excluding hydrogens is 321 g/mol. The van der Waals surface area contributed by atoms with Gasteiger partial charge in [-0.3, -0.25) is 0 Å². The number of rotatable bonds is 0. The van der Waals surface area contributed by atoms with Gasteiger partial charge in [-0.25, -0.2) is 0 Å². The average Bonchev–Trinajstić information content (AvgIpc) is 2.45. The van der Waals surface area contributed by atoms with Crippen LogP contribution in [0.4, 0.5) is 11.4 Å². The van der Waals surface area contributed by atoms with Crippen LogP contribution in [0.5, 0.6) is 0 Å². The van der Waals surface area contributed by atoms with E-state index in [1.165, 1.54) is 31.1 Å². The van der Waals surface area contributed by atoms with Crippen LogP contribution in [-0.4, -0.2) is 15.0 Å². The Kier molecular flexibility index (Phi) is 3.34. The van der Waals surface area contributed by atoms with Crippen LogP contribution in [0, 0.1) is 0 Å². The van der Waals surface area contributed by atoms with Gasteiger partial charge < -0.3 is 12.4 Å². The van der Waals surface area contributed by atoms with Gasteiger partial charge in [-0.2, -0.15) is 0 Å². The molecule has 4 rings (SSSR count). The summed E-state index contributed by atoms with van der Waals surface area (Å²) in [5.74, 6) is 0. The van der Waals surface area contributed by atoms with E-state index < -0.39 is 0 Å². The van der Waals surface area contributed by atoms with Crippen LogP contribution in [0.2, 0.25) is 0 Å². The van der Waals surface area contributed by atoms with Gasteiger partial charge in [0.15, 0.2) is 0 Å². The molecular formula is C16H12ClNSe. The second-order valence-corrected chi connectivity index (χ2v) is 6.76. The topological polar surface area (TPSA) is 16.6 Å². The summed E-state index contributed by atoms with van der Waals surface area (Å²) in [6.45, 7) is 0. The first kappa shape index (κ1) is 12.7. The van der Waals surface area contributed by atoms with Crippen LogP contribution in [0.15, 0.2) is 60.7 Å². The zero-order chi connectivity index (χ0) is 11.9. The quantitative estimate of drug-likeness (QED) is 0.293. The van der Waals surface area contributed by atoms with Gasteiger partial charge in [0.1, 0.15) is 0 Å². The van der Waals surface area contributed by atoms with Gasteiger partial charge >= 0.3 is 112 Å². The third kappa shape index (κ3) is 2.07. The molecule has 1 nitrogen and oxygen atoms in total. The summed E-state index contributed by atoms with van der Waals surface area (Å²) in [6, 6.07) is 21.9. The molecule has 0 saturated heterocycles. The standard InChI is InChI=1S/C16H11NSe.ClH/c1-2-6-12-11(5-1)9-10-15-16(12)17-13-7-3-4-8-14(13)18-15;/h1-10,17H;1H. The molecule has 0 atom stereocenters. The SMILES string of the molecule is [Cl-].c1ccc2c(c1)[NH2+]c1c(ccc3ccccc13)[Se]2. The fourth-order valence-electron chi connectivity index (χ4n) is 2.48. The number of quaternary nitrogens is 1. The van der Waals surface area contributed by atoms with Crippen molar-refractivity contribution < 1.29 is 17.7 Å². The van der Waals surface area contributed by atoms with Crippen LogP contribution in [0.25, 0.3) is 10.8 Å². The molecule has 3 aromatic carbocycles. The van der Waals surface area contributed by atoms with Gasteiger partial charge in [0.2, 0.25) is 0 Å². The molecule has 0 bridgehead atoms. The van der Waals surface area contributed by atoms with E-state index in [1.54, 1.807) is 0 Å². The first-order valence-electron chi connectivity index (χ1n) is 6.05. The van der Waals surface area contributed by atoms with E-state index in [-0.39, 0.29) is 12.4 Å². The molecule has 1 aliphatic heterocycles. The molecule has 19 heavy (non-hydrogen) atoms.